The maximum Gasteiger partial charge on any atom is 0.322 e. The van der Waals surface area contributed by atoms with Gasteiger partial charge in [-0.15, -0.1) is 0 Å². The van der Waals surface area contributed by atoms with Crippen molar-refractivity contribution in [1.82, 2.24) is 25.0 Å². The number of piperazine rings is 1. The first-order valence-electron chi connectivity index (χ1n) is 21.3. The van der Waals surface area contributed by atoms with E-state index < -0.39 is 29.7 Å². The number of halogens is 1. The molecule has 2 N–H and O–H groups in total. The molecule has 3 aromatic rings. The first-order valence-corrected chi connectivity index (χ1v) is 21.7. The second-order valence-electron chi connectivity index (χ2n) is 17.4. The molecule has 1 aromatic heterocycles. The van der Waals surface area contributed by atoms with Crippen LogP contribution in [0, 0.1) is 17.2 Å². The summed E-state index contributed by atoms with van der Waals surface area (Å²) in [7, 11) is 0. The number of carbonyl (C=O) groups excluding carboxylic acids is 5. The van der Waals surface area contributed by atoms with Gasteiger partial charge in [0, 0.05) is 81.8 Å². The van der Waals surface area contributed by atoms with Gasteiger partial charge in [0.2, 0.25) is 11.8 Å². The molecular weight excluding hydrogens is 798 g/mol. The summed E-state index contributed by atoms with van der Waals surface area (Å²) in [5.74, 6) is -0.143. The number of ether oxygens (including phenoxy) is 1. The van der Waals surface area contributed by atoms with Crippen molar-refractivity contribution >= 4 is 58.5 Å². The Morgan fingerprint density at radius 3 is 2.41 bits per heavy atom. The highest BCUT2D eigenvalue weighted by molar-refractivity contribution is 6.32. The van der Waals surface area contributed by atoms with Gasteiger partial charge in [0.25, 0.3) is 11.8 Å². The number of nitriles is 1. The van der Waals surface area contributed by atoms with E-state index in [1.54, 1.807) is 30.5 Å². The van der Waals surface area contributed by atoms with Crippen LogP contribution in [0.1, 0.15) is 92.5 Å². The summed E-state index contributed by atoms with van der Waals surface area (Å²) in [5.41, 5.74) is 2.48. The van der Waals surface area contributed by atoms with Gasteiger partial charge < -0.3 is 24.8 Å². The van der Waals surface area contributed by atoms with Gasteiger partial charge in [0.1, 0.15) is 29.8 Å². The topological polar surface area (TPSA) is 172 Å². The van der Waals surface area contributed by atoms with Crippen LogP contribution < -0.4 is 25.2 Å². The summed E-state index contributed by atoms with van der Waals surface area (Å²) in [6.45, 7) is 12.5. The zero-order valence-electron chi connectivity index (χ0n) is 35.0. The van der Waals surface area contributed by atoms with Crippen molar-refractivity contribution in [2.24, 2.45) is 5.92 Å². The van der Waals surface area contributed by atoms with Crippen molar-refractivity contribution in [1.29, 1.82) is 5.26 Å². The Balaban J connectivity index is 0.784. The molecule has 61 heavy (non-hydrogen) atoms. The molecule has 3 atom stereocenters. The lowest BCUT2D eigenvalue weighted by Gasteiger charge is -2.46. The Morgan fingerprint density at radius 1 is 0.984 bits per heavy atom. The number of benzene rings is 2. The van der Waals surface area contributed by atoms with Gasteiger partial charge in [-0.2, -0.15) is 5.26 Å². The molecular formula is C45H52ClN9O6. The second-order valence-corrected chi connectivity index (χ2v) is 17.8. The van der Waals surface area contributed by atoms with E-state index in [9.17, 15) is 29.2 Å². The number of carbonyl (C=O) groups is 5. The quantitative estimate of drug-likeness (QED) is 0.241. The van der Waals surface area contributed by atoms with E-state index in [4.69, 9.17) is 21.3 Å². The fraction of sp³-hybridized carbons (Fsp3) is 0.489. The smallest absolute Gasteiger partial charge is 0.322 e. The Hall–Kier alpha value is -5.72. The SMILES string of the molecule is CC(C)N(CC1CCN(c2ccc(NC(=O)N3C[C@H](C)N(c4ccc(C#N)c(Cl)c4)C[C@H]3C)cn2)CC1)C1CC(Oc2ccc3c(c2)C(=O)N([C@@H]2CCC(=O)NC2=O)C3=O)C1. The number of imide groups is 2. The fourth-order valence-electron chi connectivity index (χ4n) is 9.43. The van der Waals surface area contributed by atoms with Crippen LogP contribution in [0.15, 0.2) is 54.7 Å². The number of nitrogens with zero attached hydrogens (tertiary/aromatic N) is 7. The summed E-state index contributed by atoms with van der Waals surface area (Å²) in [6, 6.07) is 15.9. The van der Waals surface area contributed by atoms with Gasteiger partial charge in [0.15, 0.2) is 0 Å². The molecule has 0 unspecified atom stereocenters. The number of aromatic nitrogens is 1. The molecule has 5 aliphatic rings. The standard InChI is InChI=1S/C45H52ClN9O6/c1-26(2)52(33-17-35(18-33)61-34-8-9-36-37(20-34)44(59)55(43(36)58)39-10-12-41(56)50-42(39)57)25-29-13-15-51(16-14-29)40-11-6-31(22-48-40)49-45(60)54-24-27(3)53(23-28(54)4)32-7-5-30(21-47)38(46)19-32/h5-9,11,19-20,22,26-29,33,35,39H,10,12-18,23-25H2,1-4H3,(H,49,60)(H,50,56,57)/t27-,28+,33?,35?,39+/m0/s1. The molecule has 4 aliphatic heterocycles. The molecule has 2 aromatic carbocycles. The number of anilines is 3. The number of rotatable bonds is 10. The average Bonchev–Trinajstić information content (AvgIpc) is 3.47. The van der Waals surface area contributed by atoms with E-state index in [-0.39, 0.29) is 48.2 Å². The molecule has 0 spiro atoms. The van der Waals surface area contributed by atoms with Gasteiger partial charge in [-0.3, -0.25) is 34.3 Å². The number of hydrogen-bond acceptors (Lipinski definition) is 11. The highest BCUT2D eigenvalue weighted by Crippen LogP contribution is 2.36. The summed E-state index contributed by atoms with van der Waals surface area (Å²) in [5, 5.41) is 14.9. The lowest BCUT2D eigenvalue weighted by Crippen LogP contribution is -2.59. The van der Waals surface area contributed by atoms with Crippen molar-refractivity contribution in [3.63, 3.8) is 0 Å². The molecule has 320 valence electrons. The molecule has 16 heteroatoms. The zero-order valence-corrected chi connectivity index (χ0v) is 35.7. The number of piperidine rings is 2. The summed E-state index contributed by atoms with van der Waals surface area (Å²) in [6.07, 6.45) is 5.72. The number of amides is 6. The molecule has 0 bridgehead atoms. The molecule has 3 saturated heterocycles. The molecule has 8 rings (SSSR count). The van der Waals surface area contributed by atoms with E-state index in [0.717, 1.165) is 61.7 Å². The Kier molecular flexibility index (Phi) is 11.9. The van der Waals surface area contributed by atoms with Crippen LogP contribution in [-0.4, -0.2) is 118 Å². The normalized spacial score (nSPS) is 24.5. The third-order valence-electron chi connectivity index (χ3n) is 13.0. The summed E-state index contributed by atoms with van der Waals surface area (Å²) in [4.78, 5) is 78.5. The predicted octanol–water partition coefficient (Wildman–Crippen LogP) is 5.68. The molecule has 15 nitrogen and oxygen atoms in total. The van der Waals surface area contributed by atoms with Crippen LogP contribution in [0.2, 0.25) is 5.02 Å². The lowest BCUT2D eigenvalue weighted by atomic mass is 9.85. The van der Waals surface area contributed by atoms with Crippen LogP contribution in [-0.2, 0) is 9.59 Å². The average molecular weight is 850 g/mol. The van der Waals surface area contributed by atoms with Crippen LogP contribution in [0.5, 0.6) is 5.75 Å². The number of nitrogens with one attached hydrogen (secondary N) is 2. The highest BCUT2D eigenvalue weighted by Gasteiger charge is 2.45. The lowest BCUT2D eigenvalue weighted by molar-refractivity contribution is -0.136. The maximum atomic E-state index is 13.4. The zero-order chi connectivity index (χ0) is 43.1. The number of urea groups is 1. The van der Waals surface area contributed by atoms with Crippen molar-refractivity contribution < 1.29 is 28.7 Å². The van der Waals surface area contributed by atoms with E-state index in [1.807, 2.05) is 36.1 Å². The van der Waals surface area contributed by atoms with Crippen molar-refractivity contribution in [2.75, 3.05) is 47.8 Å². The van der Waals surface area contributed by atoms with E-state index in [0.29, 0.717) is 53.1 Å². The van der Waals surface area contributed by atoms with E-state index in [1.165, 1.54) is 0 Å². The Bertz CT molecular complexity index is 2250. The Morgan fingerprint density at radius 2 is 1.74 bits per heavy atom. The molecule has 1 aliphatic carbocycles. The Labute approximate surface area is 360 Å². The van der Waals surface area contributed by atoms with Crippen LogP contribution in [0.3, 0.4) is 0 Å². The van der Waals surface area contributed by atoms with Crippen LogP contribution in [0.4, 0.5) is 22.0 Å². The van der Waals surface area contributed by atoms with Crippen molar-refractivity contribution in [2.45, 2.75) is 103 Å². The number of hydrogen-bond donors (Lipinski definition) is 2. The van der Waals surface area contributed by atoms with Crippen molar-refractivity contribution in [3.8, 4) is 11.8 Å². The van der Waals surface area contributed by atoms with E-state index >= 15 is 0 Å². The highest BCUT2D eigenvalue weighted by atomic mass is 35.5. The second kappa shape index (κ2) is 17.3. The number of pyridine rings is 1. The van der Waals surface area contributed by atoms with E-state index in [2.05, 4.69) is 52.2 Å². The molecule has 5 heterocycles. The van der Waals surface area contributed by atoms with Crippen molar-refractivity contribution in [3.05, 3.63) is 76.4 Å². The first kappa shape index (κ1) is 42.0. The first-order chi connectivity index (χ1) is 29.3. The maximum absolute atomic E-state index is 13.4. The minimum absolute atomic E-state index is 0.0132. The van der Waals surface area contributed by atoms with Gasteiger partial charge in [0.05, 0.1) is 33.6 Å². The van der Waals surface area contributed by atoms with Gasteiger partial charge >= 0.3 is 6.03 Å². The molecule has 4 fully saturated rings. The minimum Gasteiger partial charge on any atom is -0.490 e. The van der Waals surface area contributed by atoms with Gasteiger partial charge in [-0.1, -0.05) is 11.6 Å². The molecule has 1 saturated carbocycles. The third-order valence-corrected chi connectivity index (χ3v) is 13.3. The molecule has 6 amide bonds. The van der Waals surface area contributed by atoms with Crippen LogP contribution >= 0.6 is 11.6 Å². The summed E-state index contributed by atoms with van der Waals surface area (Å²) < 4.78 is 6.30. The monoisotopic (exact) mass is 849 g/mol. The van der Waals surface area contributed by atoms with Gasteiger partial charge in [-0.25, -0.2) is 9.78 Å². The van der Waals surface area contributed by atoms with Crippen LogP contribution in [0.25, 0.3) is 0 Å². The predicted molar refractivity (Wildman–Crippen MR) is 230 cm³/mol. The summed E-state index contributed by atoms with van der Waals surface area (Å²) >= 11 is 6.31. The number of fused-ring (bicyclic) bond motifs is 1. The third kappa shape index (κ3) is 8.61. The van der Waals surface area contributed by atoms with Gasteiger partial charge in [-0.05, 0) is 101 Å². The minimum atomic E-state index is -1.00. The molecule has 0 radical (unpaired) electrons. The fourth-order valence-corrected chi connectivity index (χ4v) is 9.65. The largest absolute Gasteiger partial charge is 0.490 e.